The third-order valence-electron chi connectivity index (χ3n) is 7.13. The SMILES string of the molecule is COc1ccc2nccc([C@H](CO)N3CCC(CO)(NCc4cc5ccccc5o4)CC3)c2c1. The first-order chi connectivity index (χ1) is 16.6. The highest BCUT2D eigenvalue weighted by molar-refractivity contribution is 5.84. The fourth-order valence-electron chi connectivity index (χ4n) is 5.03. The van der Waals surface area contributed by atoms with E-state index >= 15 is 0 Å². The monoisotopic (exact) mass is 461 g/mol. The third-order valence-corrected chi connectivity index (χ3v) is 7.13. The Morgan fingerprint density at radius 1 is 1.12 bits per heavy atom. The number of furan rings is 1. The molecule has 34 heavy (non-hydrogen) atoms. The van der Waals surface area contributed by atoms with Gasteiger partial charge in [-0.25, -0.2) is 0 Å². The summed E-state index contributed by atoms with van der Waals surface area (Å²) in [7, 11) is 1.65. The number of benzene rings is 2. The molecule has 4 aromatic rings. The number of hydrogen-bond donors (Lipinski definition) is 3. The second-order valence-corrected chi connectivity index (χ2v) is 9.06. The van der Waals surface area contributed by atoms with Crippen molar-refractivity contribution in [3.63, 3.8) is 0 Å². The number of rotatable bonds is 8. The van der Waals surface area contributed by atoms with Crippen molar-refractivity contribution in [3.05, 3.63) is 72.1 Å². The zero-order valence-corrected chi connectivity index (χ0v) is 19.4. The Bertz CT molecular complexity index is 1230. The van der Waals surface area contributed by atoms with Crippen LogP contribution < -0.4 is 10.1 Å². The van der Waals surface area contributed by atoms with Gasteiger partial charge in [-0.15, -0.1) is 0 Å². The predicted molar refractivity (Wildman–Crippen MR) is 132 cm³/mol. The van der Waals surface area contributed by atoms with Crippen LogP contribution in [0.15, 0.2) is 65.2 Å². The summed E-state index contributed by atoms with van der Waals surface area (Å²) in [6.07, 6.45) is 3.34. The van der Waals surface area contributed by atoms with Crippen LogP contribution in [-0.2, 0) is 6.54 Å². The van der Waals surface area contributed by atoms with Crippen LogP contribution in [0, 0.1) is 0 Å². The van der Waals surface area contributed by atoms with Crippen LogP contribution in [0.4, 0.5) is 0 Å². The zero-order valence-electron chi connectivity index (χ0n) is 19.4. The van der Waals surface area contributed by atoms with E-state index in [1.807, 2.05) is 54.6 Å². The van der Waals surface area contributed by atoms with E-state index in [1.54, 1.807) is 13.3 Å². The Balaban J connectivity index is 1.30. The highest BCUT2D eigenvalue weighted by atomic mass is 16.5. The van der Waals surface area contributed by atoms with Crippen molar-refractivity contribution in [2.24, 2.45) is 0 Å². The summed E-state index contributed by atoms with van der Waals surface area (Å²) in [6, 6.07) is 17.7. The van der Waals surface area contributed by atoms with E-state index in [0.717, 1.165) is 64.9 Å². The number of aromatic nitrogens is 1. The second-order valence-electron chi connectivity index (χ2n) is 9.06. The molecule has 2 aromatic carbocycles. The van der Waals surface area contributed by atoms with Crippen molar-refractivity contribution < 1.29 is 19.4 Å². The van der Waals surface area contributed by atoms with Crippen molar-refractivity contribution in [2.45, 2.75) is 31.0 Å². The molecule has 0 unspecified atom stereocenters. The second kappa shape index (κ2) is 9.72. The van der Waals surface area contributed by atoms with E-state index in [9.17, 15) is 10.2 Å². The summed E-state index contributed by atoms with van der Waals surface area (Å²) in [5.74, 6) is 1.63. The van der Waals surface area contributed by atoms with Gasteiger partial charge in [0.1, 0.15) is 17.1 Å². The highest BCUT2D eigenvalue weighted by Gasteiger charge is 2.36. The lowest BCUT2D eigenvalue weighted by molar-refractivity contribution is 0.0389. The van der Waals surface area contributed by atoms with Gasteiger partial charge in [-0.3, -0.25) is 9.88 Å². The number of methoxy groups -OCH3 is 1. The van der Waals surface area contributed by atoms with Crippen LogP contribution in [-0.4, -0.2) is 59.0 Å². The van der Waals surface area contributed by atoms with E-state index in [0.29, 0.717) is 6.54 Å². The largest absolute Gasteiger partial charge is 0.497 e. The minimum absolute atomic E-state index is 0.00879. The quantitative estimate of drug-likeness (QED) is 0.369. The average molecular weight is 462 g/mol. The summed E-state index contributed by atoms with van der Waals surface area (Å²) in [4.78, 5) is 6.77. The van der Waals surface area contributed by atoms with Crippen molar-refractivity contribution >= 4 is 21.9 Å². The summed E-state index contributed by atoms with van der Waals surface area (Å²) in [5, 5.41) is 26.3. The Morgan fingerprint density at radius 2 is 1.94 bits per heavy atom. The zero-order chi connectivity index (χ0) is 23.5. The van der Waals surface area contributed by atoms with Gasteiger partial charge in [0.15, 0.2) is 0 Å². The molecule has 3 N–H and O–H groups in total. The molecule has 0 aliphatic carbocycles. The van der Waals surface area contributed by atoms with Gasteiger partial charge in [0, 0.05) is 35.6 Å². The van der Waals surface area contributed by atoms with Crippen LogP contribution in [0.3, 0.4) is 0 Å². The number of ether oxygens (including phenoxy) is 1. The maximum Gasteiger partial charge on any atom is 0.134 e. The van der Waals surface area contributed by atoms with Crippen LogP contribution in [0.25, 0.3) is 21.9 Å². The van der Waals surface area contributed by atoms with Gasteiger partial charge in [-0.1, -0.05) is 18.2 Å². The number of pyridine rings is 1. The smallest absolute Gasteiger partial charge is 0.134 e. The van der Waals surface area contributed by atoms with Crippen LogP contribution in [0.2, 0.25) is 0 Å². The molecule has 2 aromatic heterocycles. The van der Waals surface area contributed by atoms with Gasteiger partial charge < -0.3 is 24.7 Å². The van der Waals surface area contributed by atoms with Crippen molar-refractivity contribution in [1.29, 1.82) is 0 Å². The lowest BCUT2D eigenvalue weighted by Crippen LogP contribution is -2.56. The Labute approximate surface area is 199 Å². The number of nitrogens with zero attached hydrogens (tertiary/aromatic N) is 2. The van der Waals surface area contributed by atoms with Crippen molar-refractivity contribution in [2.75, 3.05) is 33.4 Å². The van der Waals surface area contributed by atoms with Crippen LogP contribution in [0.1, 0.15) is 30.2 Å². The molecule has 7 heteroatoms. The molecular formula is C27H31N3O4. The minimum Gasteiger partial charge on any atom is -0.497 e. The molecule has 1 saturated heterocycles. The summed E-state index contributed by atoms with van der Waals surface area (Å²) < 4.78 is 11.4. The molecule has 1 aliphatic heterocycles. The van der Waals surface area contributed by atoms with E-state index in [4.69, 9.17) is 9.15 Å². The van der Waals surface area contributed by atoms with Gasteiger partial charge in [0.25, 0.3) is 0 Å². The first kappa shape index (κ1) is 22.8. The first-order valence-electron chi connectivity index (χ1n) is 11.8. The predicted octanol–water partition coefficient (Wildman–Crippen LogP) is 3.64. The van der Waals surface area contributed by atoms with E-state index in [2.05, 4.69) is 15.2 Å². The molecular weight excluding hydrogens is 430 g/mol. The number of likely N-dealkylation sites (tertiary alicyclic amines) is 1. The number of para-hydroxylation sites is 1. The highest BCUT2D eigenvalue weighted by Crippen LogP contribution is 2.33. The maximum atomic E-state index is 10.4. The number of piperidine rings is 1. The number of hydrogen-bond acceptors (Lipinski definition) is 7. The number of nitrogens with one attached hydrogen (secondary N) is 1. The molecule has 3 heterocycles. The number of aliphatic hydroxyl groups is 2. The molecule has 0 bridgehead atoms. The Morgan fingerprint density at radius 3 is 2.68 bits per heavy atom. The lowest BCUT2D eigenvalue weighted by Gasteiger charge is -2.44. The molecule has 0 spiro atoms. The normalized spacial score (nSPS) is 17.3. The molecule has 1 atom stereocenters. The standard InChI is InChI=1S/C27H31N3O4/c1-33-20-6-7-24-23(15-20)22(8-11-28-24)25(17-31)30-12-9-27(18-32,10-13-30)29-16-21-14-19-4-2-3-5-26(19)34-21/h2-8,11,14-15,25,29,31-32H,9-10,12-13,16-18H2,1H3/t25-/m0/s1. The van der Waals surface area contributed by atoms with Gasteiger partial charge in [-0.05, 0) is 54.8 Å². The fourth-order valence-corrected chi connectivity index (χ4v) is 5.03. The van der Waals surface area contributed by atoms with Crippen LogP contribution in [0.5, 0.6) is 5.75 Å². The minimum atomic E-state index is -0.376. The van der Waals surface area contributed by atoms with E-state index in [1.165, 1.54) is 0 Å². The molecule has 1 aliphatic rings. The summed E-state index contributed by atoms with van der Waals surface area (Å²) in [6.45, 7) is 2.14. The van der Waals surface area contributed by atoms with Gasteiger partial charge in [-0.2, -0.15) is 0 Å². The molecule has 0 saturated carbocycles. The molecule has 0 radical (unpaired) electrons. The Hall–Kier alpha value is -2.97. The molecule has 178 valence electrons. The summed E-state index contributed by atoms with van der Waals surface area (Å²) in [5.41, 5.74) is 2.42. The maximum absolute atomic E-state index is 10.4. The first-order valence-corrected chi connectivity index (χ1v) is 11.8. The molecule has 0 amide bonds. The third kappa shape index (κ3) is 4.40. The number of aliphatic hydroxyl groups excluding tert-OH is 2. The fraction of sp³-hybridized carbons (Fsp3) is 0.370. The lowest BCUT2D eigenvalue weighted by atomic mass is 9.86. The van der Waals surface area contributed by atoms with Crippen molar-refractivity contribution in [1.82, 2.24) is 15.2 Å². The van der Waals surface area contributed by atoms with Gasteiger partial charge >= 0.3 is 0 Å². The van der Waals surface area contributed by atoms with E-state index in [-0.39, 0.29) is 24.8 Å². The van der Waals surface area contributed by atoms with Gasteiger partial charge in [0.05, 0.1) is 38.4 Å². The molecule has 1 fully saturated rings. The topological polar surface area (TPSA) is 91.0 Å². The Kier molecular flexibility index (Phi) is 6.52. The number of fused-ring (bicyclic) bond motifs is 2. The molecule has 5 rings (SSSR count). The average Bonchev–Trinajstić information content (AvgIpc) is 3.32. The van der Waals surface area contributed by atoms with Crippen molar-refractivity contribution in [3.8, 4) is 5.75 Å². The van der Waals surface area contributed by atoms with E-state index < -0.39 is 0 Å². The molecule has 7 nitrogen and oxygen atoms in total. The summed E-state index contributed by atoms with van der Waals surface area (Å²) >= 11 is 0. The van der Waals surface area contributed by atoms with Gasteiger partial charge in [0.2, 0.25) is 0 Å². The van der Waals surface area contributed by atoms with Crippen LogP contribution >= 0.6 is 0 Å².